The van der Waals surface area contributed by atoms with E-state index in [-0.39, 0.29) is 11.7 Å². The Morgan fingerprint density at radius 3 is 2.58 bits per heavy atom. The molecule has 0 unspecified atom stereocenters. The van der Waals surface area contributed by atoms with Gasteiger partial charge in [0, 0.05) is 11.3 Å². The lowest BCUT2D eigenvalue weighted by atomic mass is 10.1. The Hall–Kier alpha value is -2.23. The highest BCUT2D eigenvalue weighted by atomic mass is 35.5. The minimum absolute atomic E-state index is 0.209. The minimum Gasteiger partial charge on any atom is -0.451 e. The molecule has 0 aliphatic carbocycles. The molecule has 0 saturated carbocycles. The smallest absolute Gasteiger partial charge is 0.291 e. The molecule has 3 aromatic rings. The standard InChI is InChI=1S/C19H15Cl2NO2/c1-11-6-7-15(12(2)10-11)22-19(23)17-9-8-16(24-17)13-4-3-5-14(20)18(13)21/h3-10H,1-2H3,(H,22,23). The molecule has 24 heavy (non-hydrogen) atoms. The maximum Gasteiger partial charge on any atom is 0.291 e. The van der Waals surface area contributed by atoms with Crippen LogP contribution in [0.2, 0.25) is 10.0 Å². The number of carbonyl (C=O) groups is 1. The van der Waals surface area contributed by atoms with Crippen LogP contribution >= 0.6 is 23.2 Å². The van der Waals surface area contributed by atoms with E-state index >= 15 is 0 Å². The van der Waals surface area contributed by atoms with Crippen LogP contribution in [0.15, 0.2) is 52.9 Å². The molecular weight excluding hydrogens is 345 g/mol. The van der Waals surface area contributed by atoms with Gasteiger partial charge in [0.25, 0.3) is 5.91 Å². The molecule has 0 fully saturated rings. The number of anilines is 1. The highest BCUT2D eigenvalue weighted by Crippen LogP contribution is 2.34. The highest BCUT2D eigenvalue weighted by molar-refractivity contribution is 6.43. The Morgan fingerprint density at radius 2 is 1.83 bits per heavy atom. The van der Waals surface area contributed by atoms with Crippen molar-refractivity contribution < 1.29 is 9.21 Å². The number of nitrogens with one attached hydrogen (secondary N) is 1. The lowest BCUT2D eigenvalue weighted by Crippen LogP contribution is -2.11. The zero-order chi connectivity index (χ0) is 17.3. The zero-order valence-electron chi connectivity index (χ0n) is 13.2. The average Bonchev–Trinajstić information content (AvgIpc) is 3.02. The molecular formula is C19H15Cl2NO2. The third kappa shape index (κ3) is 3.32. The van der Waals surface area contributed by atoms with Crippen molar-refractivity contribution >= 4 is 34.8 Å². The third-order valence-electron chi connectivity index (χ3n) is 3.68. The molecule has 0 aliphatic heterocycles. The molecule has 0 bridgehead atoms. The van der Waals surface area contributed by atoms with Gasteiger partial charge in [-0.1, -0.05) is 47.0 Å². The fraction of sp³-hybridized carbons (Fsp3) is 0.105. The molecule has 0 spiro atoms. The molecule has 3 rings (SSSR count). The van der Waals surface area contributed by atoms with Gasteiger partial charge in [-0.25, -0.2) is 0 Å². The van der Waals surface area contributed by atoms with E-state index in [1.54, 1.807) is 30.3 Å². The maximum atomic E-state index is 12.4. The number of rotatable bonds is 3. The van der Waals surface area contributed by atoms with E-state index in [0.717, 1.165) is 16.8 Å². The van der Waals surface area contributed by atoms with E-state index in [0.29, 0.717) is 21.4 Å². The van der Waals surface area contributed by atoms with Crippen LogP contribution in [0.25, 0.3) is 11.3 Å². The SMILES string of the molecule is Cc1ccc(NC(=O)c2ccc(-c3cccc(Cl)c3Cl)o2)c(C)c1. The van der Waals surface area contributed by atoms with E-state index in [2.05, 4.69) is 5.32 Å². The van der Waals surface area contributed by atoms with E-state index < -0.39 is 0 Å². The highest BCUT2D eigenvalue weighted by Gasteiger charge is 2.15. The third-order valence-corrected chi connectivity index (χ3v) is 4.50. The second kappa shape index (κ2) is 6.71. The molecule has 0 aliphatic rings. The molecule has 1 amide bonds. The number of amides is 1. The van der Waals surface area contributed by atoms with Crippen LogP contribution < -0.4 is 5.32 Å². The molecule has 0 saturated heterocycles. The Labute approximate surface area is 150 Å². The molecule has 1 heterocycles. The van der Waals surface area contributed by atoms with Crippen molar-refractivity contribution in [3.63, 3.8) is 0 Å². The normalized spacial score (nSPS) is 10.7. The van der Waals surface area contributed by atoms with Gasteiger partial charge < -0.3 is 9.73 Å². The number of furan rings is 1. The summed E-state index contributed by atoms with van der Waals surface area (Å²) in [6.07, 6.45) is 0. The summed E-state index contributed by atoms with van der Waals surface area (Å²) in [7, 11) is 0. The van der Waals surface area contributed by atoms with Gasteiger partial charge >= 0.3 is 0 Å². The number of halogens is 2. The zero-order valence-corrected chi connectivity index (χ0v) is 14.7. The van der Waals surface area contributed by atoms with E-state index in [4.69, 9.17) is 27.6 Å². The number of benzene rings is 2. The van der Waals surface area contributed by atoms with E-state index in [1.807, 2.05) is 32.0 Å². The van der Waals surface area contributed by atoms with Gasteiger partial charge in [0.15, 0.2) is 5.76 Å². The molecule has 0 radical (unpaired) electrons. The molecule has 2 aromatic carbocycles. The van der Waals surface area contributed by atoms with Gasteiger partial charge in [0.1, 0.15) is 5.76 Å². The average molecular weight is 360 g/mol. The first-order valence-corrected chi connectivity index (χ1v) is 8.14. The van der Waals surface area contributed by atoms with Gasteiger partial charge in [-0.05, 0) is 49.7 Å². The van der Waals surface area contributed by atoms with Crippen LogP contribution in [-0.4, -0.2) is 5.91 Å². The Bertz CT molecular complexity index is 915. The minimum atomic E-state index is -0.314. The van der Waals surface area contributed by atoms with Gasteiger partial charge in [0.2, 0.25) is 0 Å². The molecule has 1 aromatic heterocycles. The van der Waals surface area contributed by atoms with Gasteiger partial charge in [-0.2, -0.15) is 0 Å². The van der Waals surface area contributed by atoms with Crippen molar-refractivity contribution in [1.82, 2.24) is 0 Å². The van der Waals surface area contributed by atoms with Crippen molar-refractivity contribution in [2.75, 3.05) is 5.32 Å². The first-order valence-electron chi connectivity index (χ1n) is 7.38. The number of hydrogen-bond donors (Lipinski definition) is 1. The molecule has 1 N–H and O–H groups in total. The fourth-order valence-corrected chi connectivity index (χ4v) is 2.83. The summed E-state index contributed by atoms with van der Waals surface area (Å²) in [5, 5.41) is 3.69. The van der Waals surface area contributed by atoms with Crippen molar-refractivity contribution in [2.45, 2.75) is 13.8 Å². The van der Waals surface area contributed by atoms with Crippen molar-refractivity contribution in [3.05, 3.63) is 75.5 Å². The number of hydrogen-bond acceptors (Lipinski definition) is 2. The number of carbonyl (C=O) groups excluding carboxylic acids is 1. The van der Waals surface area contributed by atoms with Gasteiger partial charge in [-0.3, -0.25) is 4.79 Å². The monoisotopic (exact) mass is 359 g/mol. The summed E-state index contributed by atoms with van der Waals surface area (Å²) in [5.74, 6) is 0.389. The predicted molar refractivity (Wildman–Crippen MR) is 98.0 cm³/mol. The Kier molecular flexibility index (Phi) is 4.65. The quantitative estimate of drug-likeness (QED) is 0.611. The van der Waals surface area contributed by atoms with Crippen LogP contribution in [0.4, 0.5) is 5.69 Å². The van der Waals surface area contributed by atoms with Crippen molar-refractivity contribution in [1.29, 1.82) is 0 Å². The van der Waals surface area contributed by atoms with Crippen LogP contribution in [0, 0.1) is 13.8 Å². The summed E-state index contributed by atoms with van der Waals surface area (Å²) in [6, 6.07) is 14.4. The summed E-state index contributed by atoms with van der Waals surface area (Å²) >= 11 is 12.2. The molecule has 5 heteroatoms. The van der Waals surface area contributed by atoms with Crippen molar-refractivity contribution in [2.24, 2.45) is 0 Å². The Balaban J connectivity index is 1.85. The molecule has 0 atom stereocenters. The topological polar surface area (TPSA) is 42.2 Å². The fourth-order valence-electron chi connectivity index (χ4n) is 2.44. The lowest BCUT2D eigenvalue weighted by molar-refractivity contribution is 0.0997. The lowest BCUT2D eigenvalue weighted by Gasteiger charge is -2.08. The summed E-state index contributed by atoms with van der Waals surface area (Å²) < 4.78 is 5.65. The second-order valence-electron chi connectivity index (χ2n) is 5.54. The summed E-state index contributed by atoms with van der Waals surface area (Å²) in [6.45, 7) is 3.95. The van der Waals surface area contributed by atoms with Gasteiger partial charge in [0.05, 0.1) is 10.0 Å². The molecule has 122 valence electrons. The maximum absolute atomic E-state index is 12.4. The van der Waals surface area contributed by atoms with Crippen LogP contribution in [-0.2, 0) is 0 Å². The molecule has 3 nitrogen and oxygen atoms in total. The predicted octanol–water partition coefficient (Wildman–Crippen LogP) is 6.12. The van der Waals surface area contributed by atoms with Crippen molar-refractivity contribution in [3.8, 4) is 11.3 Å². The van der Waals surface area contributed by atoms with Crippen LogP contribution in [0.3, 0.4) is 0 Å². The van der Waals surface area contributed by atoms with Crippen LogP contribution in [0.5, 0.6) is 0 Å². The summed E-state index contributed by atoms with van der Waals surface area (Å²) in [4.78, 5) is 12.4. The largest absolute Gasteiger partial charge is 0.451 e. The second-order valence-corrected chi connectivity index (χ2v) is 6.32. The summed E-state index contributed by atoms with van der Waals surface area (Å²) in [5.41, 5.74) is 3.54. The van der Waals surface area contributed by atoms with Crippen LogP contribution in [0.1, 0.15) is 21.7 Å². The number of aryl methyl sites for hydroxylation is 2. The van der Waals surface area contributed by atoms with Gasteiger partial charge in [-0.15, -0.1) is 0 Å². The van der Waals surface area contributed by atoms with E-state index in [1.165, 1.54) is 0 Å². The first kappa shape index (κ1) is 16.6. The Morgan fingerprint density at radius 1 is 1.04 bits per heavy atom. The first-order chi connectivity index (χ1) is 11.5. The van der Waals surface area contributed by atoms with E-state index in [9.17, 15) is 4.79 Å².